The summed E-state index contributed by atoms with van der Waals surface area (Å²) in [5.41, 5.74) is 2.38. The smallest absolute Gasteiger partial charge is 0.155 e. The highest BCUT2D eigenvalue weighted by atomic mass is 35.5. The van der Waals surface area contributed by atoms with Gasteiger partial charge in [-0.3, -0.25) is 4.79 Å². The van der Waals surface area contributed by atoms with E-state index < -0.39 is 0 Å². The molecule has 0 N–H and O–H groups in total. The van der Waals surface area contributed by atoms with Gasteiger partial charge >= 0.3 is 0 Å². The Bertz CT molecular complexity index is 693. The van der Waals surface area contributed by atoms with Gasteiger partial charge in [-0.25, -0.2) is 4.68 Å². The monoisotopic (exact) mass is 333 g/mol. The van der Waals surface area contributed by atoms with E-state index in [4.69, 9.17) is 21.4 Å². The first kappa shape index (κ1) is 16.0. The lowest BCUT2D eigenvalue weighted by Crippen LogP contribution is -2.38. The molecular formula is C17H20ClN3O2. The van der Waals surface area contributed by atoms with E-state index in [9.17, 15) is 4.79 Å². The number of carbonyl (C=O) groups is 1. The molecule has 1 fully saturated rings. The normalized spacial score (nSPS) is 15.0. The molecule has 1 aromatic heterocycles. The maximum Gasteiger partial charge on any atom is 0.155 e. The Morgan fingerprint density at radius 3 is 2.78 bits per heavy atom. The Morgan fingerprint density at radius 2 is 2.13 bits per heavy atom. The van der Waals surface area contributed by atoms with Crippen molar-refractivity contribution in [2.75, 3.05) is 31.2 Å². The summed E-state index contributed by atoms with van der Waals surface area (Å²) in [5, 5.41) is 5.35. The largest absolute Gasteiger partial charge is 0.378 e. The minimum Gasteiger partial charge on any atom is -0.378 e. The number of rotatable bonds is 5. The van der Waals surface area contributed by atoms with E-state index in [2.05, 4.69) is 11.8 Å². The van der Waals surface area contributed by atoms with Gasteiger partial charge in [-0.15, -0.1) is 0 Å². The van der Waals surface area contributed by atoms with Gasteiger partial charge in [0.05, 0.1) is 30.2 Å². The fourth-order valence-corrected chi connectivity index (χ4v) is 3.06. The van der Waals surface area contributed by atoms with E-state index in [1.54, 1.807) is 0 Å². The molecule has 0 atom stereocenters. The molecule has 0 amide bonds. The summed E-state index contributed by atoms with van der Waals surface area (Å²) in [6, 6.07) is 7.54. The quantitative estimate of drug-likeness (QED) is 0.789. The van der Waals surface area contributed by atoms with Gasteiger partial charge < -0.3 is 9.64 Å². The van der Waals surface area contributed by atoms with E-state index >= 15 is 0 Å². The van der Waals surface area contributed by atoms with Gasteiger partial charge in [0, 0.05) is 18.1 Å². The first-order valence-electron chi connectivity index (χ1n) is 7.90. The minimum absolute atomic E-state index is 0.649. The second-order valence-electron chi connectivity index (χ2n) is 5.54. The fraction of sp³-hybridized carbons (Fsp3) is 0.412. The van der Waals surface area contributed by atoms with Crippen molar-refractivity contribution in [2.45, 2.75) is 19.8 Å². The molecule has 0 aliphatic carbocycles. The zero-order chi connectivity index (χ0) is 16.2. The molecule has 2 aromatic rings. The number of nitrogens with zero attached hydrogens (tertiary/aromatic N) is 3. The number of benzene rings is 1. The van der Waals surface area contributed by atoms with Gasteiger partial charge in [-0.2, -0.15) is 5.10 Å². The highest BCUT2D eigenvalue weighted by molar-refractivity contribution is 6.30. The lowest BCUT2D eigenvalue weighted by molar-refractivity contribution is 0.111. The molecule has 0 radical (unpaired) electrons. The van der Waals surface area contributed by atoms with Crippen LogP contribution in [0.5, 0.6) is 0 Å². The third-order valence-electron chi connectivity index (χ3n) is 3.94. The van der Waals surface area contributed by atoms with Crippen LogP contribution in [0, 0.1) is 0 Å². The number of hydrogen-bond acceptors (Lipinski definition) is 4. The summed E-state index contributed by atoms with van der Waals surface area (Å²) in [6.07, 6.45) is 2.64. The van der Waals surface area contributed by atoms with Crippen LogP contribution in [0.3, 0.4) is 0 Å². The molecule has 5 nitrogen and oxygen atoms in total. The Kier molecular flexibility index (Phi) is 4.98. The molecule has 1 aromatic carbocycles. The number of ether oxygens (including phenoxy) is 1. The summed E-state index contributed by atoms with van der Waals surface area (Å²) < 4.78 is 7.27. The van der Waals surface area contributed by atoms with Gasteiger partial charge in [0.1, 0.15) is 5.82 Å². The van der Waals surface area contributed by atoms with E-state index in [0.29, 0.717) is 23.8 Å². The molecule has 1 aliphatic rings. The van der Waals surface area contributed by atoms with E-state index in [-0.39, 0.29) is 0 Å². The highest BCUT2D eigenvalue weighted by Crippen LogP contribution is 2.28. The number of aryl methyl sites for hydroxylation is 1. The first-order chi connectivity index (χ1) is 11.2. The van der Waals surface area contributed by atoms with Gasteiger partial charge in [0.15, 0.2) is 6.29 Å². The van der Waals surface area contributed by atoms with Crippen molar-refractivity contribution in [2.24, 2.45) is 0 Å². The van der Waals surface area contributed by atoms with Gasteiger partial charge in [0.2, 0.25) is 0 Å². The summed E-state index contributed by atoms with van der Waals surface area (Å²) >= 11 is 6.13. The van der Waals surface area contributed by atoms with E-state index in [1.165, 1.54) is 0 Å². The number of hydrogen-bond donors (Lipinski definition) is 0. The number of carbonyl (C=O) groups excluding carboxylic acids is 1. The van der Waals surface area contributed by atoms with Crippen LogP contribution in [0.2, 0.25) is 5.02 Å². The van der Waals surface area contributed by atoms with Crippen LogP contribution < -0.4 is 4.90 Å². The molecule has 1 aliphatic heterocycles. The molecule has 6 heteroatoms. The van der Waals surface area contributed by atoms with Crippen molar-refractivity contribution < 1.29 is 9.53 Å². The Labute approximate surface area is 140 Å². The van der Waals surface area contributed by atoms with E-state index in [1.807, 2.05) is 28.9 Å². The van der Waals surface area contributed by atoms with Crippen molar-refractivity contribution in [3.05, 3.63) is 40.5 Å². The summed E-state index contributed by atoms with van der Waals surface area (Å²) in [7, 11) is 0. The average molecular weight is 334 g/mol. The number of aldehydes is 1. The first-order valence-corrected chi connectivity index (χ1v) is 8.28. The van der Waals surface area contributed by atoms with Crippen molar-refractivity contribution in [1.29, 1.82) is 0 Å². The Balaban J connectivity index is 2.14. The molecule has 1 saturated heterocycles. The second kappa shape index (κ2) is 7.15. The zero-order valence-corrected chi connectivity index (χ0v) is 13.9. The molecule has 0 unspecified atom stereocenters. The van der Waals surface area contributed by atoms with Gasteiger partial charge in [0.25, 0.3) is 0 Å². The van der Waals surface area contributed by atoms with Crippen molar-refractivity contribution in [3.8, 4) is 5.69 Å². The lowest BCUT2D eigenvalue weighted by Gasteiger charge is -2.29. The van der Waals surface area contributed by atoms with Gasteiger partial charge in [-0.05, 0) is 24.6 Å². The Hall–Kier alpha value is -1.85. The molecular weight excluding hydrogens is 314 g/mol. The third kappa shape index (κ3) is 3.26. The minimum atomic E-state index is 0.649. The van der Waals surface area contributed by atoms with Crippen LogP contribution in [-0.4, -0.2) is 42.4 Å². The average Bonchev–Trinajstić information content (AvgIpc) is 2.94. The molecule has 3 rings (SSSR count). The zero-order valence-electron chi connectivity index (χ0n) is 13.2. The standard InChI is InChI=1S/C17H20ClN3O2/c1-2-4-16-15(12-22)17(20-7-9-23-10-8-20)21(19-16)14-6-3-5-13(18)11-14/h3,5-6,11-12H,2,4,7-10H2,1H3. The molecule has 122 valence electrons. The Morgan fingerprint density at radius 1 is 1.35 bits per heavy atom. The predicted molar refractivity (Wildman–Crippen MR) is 91.0 cm³/mol. The predicted octanol–water partition coefficient (Wildman–Crippen LogP) is 3.13. The van der Waals surface area contributed by atoms with Crippen LogP contribution in [0.1, 0.15) is 29.4 Å². The summed E-state index contributed by atoms with van der Waals surface area (Å²) in [5.74, 6) is 0.842. The second-order valence-corrected chi connectivity index (χ2v) is 5.98. The van der Waals surface area contributed by atoms with Crippen molar-refractivity contribution >= 4 is 23.7 Å². The third-order valence-corrected chi connectivity index (χ3v) is 4.18. The van der Waals surface area contributed by atoms with Crippen LogP contribution in [-0.2, 0) is 11.2 Å². The maximum absolute atomic E-state index is 11.7. The number of morpholine rings is 1. The van der Waals surface area contributed by atoms with Crippen LogP contribution in [0.15, 0.2) is 24.3 Å². The molecule has 2 heterocycles. The van der Waals surface area contributed by atoms with Crippen LogP contribution >= 0.6 is 11.6 Å². The maximum atomic E-state index is 11.7. The SMILES string of the molecule is CCCc1nn(-c2cccc(Cl)c2)c(N2CCOCC2)c1C=O. The van der Waals surface area contributed by atoms with Crippen LogP contribution in [0.4, 0.5) is 5.82 Å². The number of halogens is 1. The molecule has 23 heavy (non-hydrogen) atoms. The lowest BCUT2D eigenvalue weighted by atomic mass is 10.1. The summed E-state index contributed by atoms with van der Waals surface area (Å²) in [6.45, 7) is 4.89. The van der Waals surface area contributed by atoms with Crippen molar-refractivity contribution in [1.82, 2.24) is 9.78 Å². The molecule has 0 spiro atoms. The van der Waals surface area contributed by atoms with Crippen molar-refractivity contribution in [3.63, 3.8) is 0 Å². The van der Waals surface area contributed by atoms with E-state index in [0.717, 1.165) is 49.4 Å². The number of anilines is 1. The number of aromatic nitrogens is 2. The topological polar surface area (TPSA) is 47.4 Å². The fourth-order valence-electron chi connectivity index (χ4n) is 2.87. The van der Waals surface area contributed by atoms with Crippen LogP contribution in [0.25, 0.3) is 5.69 Å². The summed E-state index contributed by atoms with van der Waals surface area (Å²) in [4.78, 5) is 13.9. The molecule has 0 saturated carbocycles. The van der Waals surface area contributed by atoms with Gasteiger partial charge in [-0.1, -0.05) is 31.0 Å². The molecule has 0 bridgehead atoms. The highest BCUT2D eigenvalue weighted by Gasteiger charge is 2.24.